The molecule has 2 saturated heterocycles. The molecule has 0 aliphatic carbocycles. The number of fused-ring (bicyclic) bond motifs is 2. The molecule has 6 rings (SSSR count). The van der Waals surface area contributed by atoms with Gasteiger partial charge in [0.2, 0.25) is 16.6 Å². The van der Waals surface area contributed by atoms with Crippen LogP contribution in [0.25, 0.3) is 21.5 Å². The molecule has 2 aliphatic rings. The van der Waals surface area contributed by atoms with Crippen molar-refractivity contribution in [2.75, 3.05) is 0 Å². The zero-order chi connectivity index (χ0) is 19.3. The molecule has 144 valence electrons. The van der Waals surface area contributed by atoms with Gasteiger partial charge in [-0.2, -0.15) is 0 Å². The van der Waals surface area contributed by atoms with E-state index in [-0.39, 0.29) is 0 Å². The average Bonchev–Trinajstić information content (AvgIpc) is 2.72. The maximum atomic E-state index is 7.56. The maximum absolute atomic E-state index is 7.56. The van der Waals surface area contributed by atoms with Gasteiger partial charge in [-0.25, -0.2) is 0 Å². The largest absolute Gasteiger partial charge is 0.448 e. The zero-order valence-corrected chi connectivity index (χ0v) is 18.7. The summed E-state index contributed by atoms with van der Waals surface area (Å²) in [6.07, 6.45) is 2.66. The Labute approximate surface area is 174 Å². The molecule has 4 aromatic rings. The third kappa shape index (κ3) is 2.68. The molecule has 1 nitrogen and oxygen atoms in total. The Balaban J connectivity index is 1.49. The molecule has 2 heterocycles. The van der Waals surface area contributed by atoms with Crippen LogP contribution in [0.1, 0.15) is 12.8 Å². The first-order valence-corrected chi connectivity index (χ1v) is 15.6. The predicted octanol–water partition coefficient (Wildman–Crippen LogP) is 5.82. The lowest BCUT2D eigenvalue weighted by atomic mass is 10.1. The highest BCUT2D eigenvalue weighted by atomic mass is 28.4. The number of benzene rings is 4. The summed E-state index contributed by atoms with van der Waals surface area (Å²) in [6.45, 7) is 0. The lowest BCUT2D eigenvalue weighted by molar-refractivity contribution is 0.483. The van der Waals surface area contributed by atoms with E-state index in [1.54, 1.807) is 10.4 Å². The van der Waals surface area contributed by atoms with Gasteiger partial charge in [-0.05, 0) is 56.1 Å². The van der Waals surface area contributed by atoms with Crippen LogP contribution >= 0.6 is 0 Å². The molecule has 2 aliphatic heterocycles. The zero-order valence-electron chi connectivity index (χ0n) is 16.7. The minimum absolute atomic E-state index is 1.29. The first kappa shape index (κ1) is 17.6. The second-order valence-electron chi connectivity index (χ2n) is 8.85. The van der Waals surface area contributed by atoms with Gasteiger partial charge in [0.15, 0.2) is 0 Å². The third-order valence-electron chi connectivity index (χ3n) is 7.27. The summed E-state index contributed by atoms with van der Waals surface area (Å²) in [5.41, 5.74) is 0. The van der Waals surface area contributed by atoms with Crippen LogP contribution in [0.4, 0.5) is 0 Å². The number of rotatable bonds is 4. The van der Waals surface area contributed by atoms with Gasteiger partial charge in [-0.15, -0.1) is 0 Å². The van der Waals surface area contributed by atoms with Crippen LogP contribution in [0, 0.1) is 0 Å². The molecular weight excluding hydrogens is 384 g/mol. The molecule has 29 heavy (non-hydrogen) atoms. The average molecular weight is 411 g/mol. The number of hydrogen-bond donors (Lipinski definition) is 0. The third-order valence-corrected chi connectivity index (χ3v) is 17.9. The van der Waals surface area contributed by atoms with E-state index < -0.39 is 16.6 Å². The van der Waals surface area contributed by atoms with E-state index >= 15 is 0 Å². The van der Waals surface area contributed by atoms with E-state index in [1.807, 2.05) is 0 Å². The summed E-state index contributed by atoms with van der Waals surface area (Å²) in [5, 5.41) is 8.70. The Kier molecular flexibility index (Phi) is 4.05. The molecule has 0 amide bonds. The fourth-order valence-electron chi connectivity index (χ4n) is 5.47. The highest BCUT2D eigenvalue weighted by molar-refractivity contribution is 7.02. The molecule has 4 aromatic carbocycles. The molecule has 2 fully saturated rings. The molecule has 0 aromatic heterocycles. The second-order valence-corrected chi connectivity index (χ2v) is 16.7. The minimum Gasteiger partial charge on any atom is -0.448 e. The molecule has 0 unspecified atom stereocenters. The minimum atomic E-state index is -1.90. The summed E-state index contributed by atoms with van der Waals surface area (Å²) in [6, 6.07) is 36.8. The van der Waals surface area contributed by atoms with Crippen molar-refractivity contribution in [2.24, 2.45) is 0 Å². The normalized spacial score (nSPS) is 19.6. The molecule has 0 N–H and O–H groups in total. The van der Waals surface area contributed by atoms with Crippen LogP contribution in [-0.4, -0.2) is 16.6 Å². The topological polar surface area (TPSA) is 9.23 Å². The summed E-state index contributed by atoms with van der Waals surface area (Å²) in [4.78, 5) is 0. The highest BCUT2D eigenvalue weighted by Crippen LogP contribution is 2.43. The van der Waals surface area contributed by atoms with Crippen molar-refractivity contribution >= 4 is 48.6 Å². The van der Waals surface area contributed by atoms with Crippen molar-refractivity contribution in [2.45, 2.75) is 37.0 Å². The molecule has 0 radical (unpaired) electrons. The Morgan fingerprint density at radius 3 is 1.31 bits per heavy atom. The monoisotopic (exact) mass is 410 g/mol. The van der Waals surface area contributed by atoms with Crippen LogP contribution in [-0.2, 0) is 4.12 Å². The molecule has 0 spiro atoms. The fraction of sp³-hybridized carbons (Fsp3) is 0.231. The lowest BCUT2D eigenvalue weighted by Gasteiger charge is -2.51. The van der Waals surface area contributed by atoms with E-state index in [4.69, 9.17) is 4.12 Å². The molecule has 0 atom stereocenters. The first-order valence-electron chi connectivity index (χ1n) is 11.0. The van der Waals surface area contributed by atoms with Gasteiger partial charge >= 0.3 is 0 Å². The maximum Gasteiger partial charge on any atom is 0.213 e. The van der Waals surface area contributed by atoms with E-state index in [0.29, 0.717) is 0 Å². The van der Waals surface area contributed by atoms with Crippen LogP contribution in [0.15, 0.2) is 84.9 Å². The van der Waals surface area contributed by atoms with Gasteiger partial charge in [-0.1, -0.05) is 97.8 Å². The van der Waals surface area contributed by atoms with Crippen molar-refractivity contribution in [3.63, 3.8) is 0 Å². The molecule has 3 heteroatoms. The summed E-state index contributed by atoms with van der Waals surface area (Å²) in [5.74, 6) is 0. The SMILES string of the molecule is c1ccc2c([Si]3(O[Si]4(c5cccc6ccccc56)CCC4)CCC3)cccc2c1. The van der Waals surface area contributed by atoms with E-state index in [0.717, 1.165) is 0 Å². The van der Waals surface area contributed by atoms with E-state index in [2.05, 4.69) is 84.9 Å². The van der Waals surface area contributed by atoms with Gasteiger partial charge < -0.3 is 4.12 Å². The van der Waals surface area contributed by atoms with Gasteiger partial charge in [0.05, 0.1) is 0 Å². The van der Waals surface area contributed by atoms with E-state index in [9.17, 15) is 0 Å². The van der Waals surface area contributed by atoms with Gasteiger partial charge in [0, 0.05) is 0 Å². The fourth-order valence-corrected chi connectivity index (χ4v) is 16.3. The Bertz CT molecular complexity index is 1100. The van der Waals surface area contributed by atoms with Crippen molar-refractivity contribution < 1.29 is 4.12 Å². The first-order chi connectivity index (χ1) is 14.3. The van der Waals surface area contributed by atoms with Crippen molar-refractivity contribution in [1.82, 2.24) is 0 Å². The Hall–Kier alpha value is -2.21. The quantitative estimate of drug-likeness (QED) is 0.385. The standard InChI is InChI=1S/C26H26OSi2/c1-3-13-23-21(9-1)11-5-15-25(23)28(17-7-18-28)27-29(19-8-20-29)26-16-6-12-22-10-2-4-14-24(22)26/h1-6,9-16H,7-8,17-20H2. The van der Waals surface area contributed by atoms with Gasteiger partial charge in [-0.3, -0.25) is 0 Å². The van der Waals surface area contributed by atoms with Crippen LogP contribution in [0.3, 0.4) is 0 Å². The Morgan fingerprint density at radius 1 is 0.483 bits per heavy atom. The summed E-state index contributed by atoms with van der Waals surface area (Å²) < 4.78 is 7.56. The van der Waals surface area contributed by atoms with Gasteiger partial charge in [0.1, 0.15) is 0 Å². The number of hydrogen-bond acceptors (Lipinski definition) is 1. The summed E-state index contributed by atoms with van der Waals surface area (Å²) >= 11 is 0. The van der Waals surface area contributed by atoms with Crippen LogP contribution in [0.2, 0.25) is 24.2 Å². The lowest BCUT2D eigenvalue weighted by Crippen LogP contribution is -2.68. The van der Waals surface area contributed by atoms with Crippen molar-refractivity contribution in [3.05, 3.63) is 84.9 Å². The smallest absolute Gasteiger partial charge is 0.213 e. The summed E-state index contributed by atoms with van der Waals surface area (Å²) in [7, 11) is -3.79. The molecule has 0 bridgehead atoms. The predicted molar refractivity (Wildman–Crippen MR) is 128 cm³/mol. The second kappa shape index (κ2) is 6.66. The molecule has 0 saturated carbocycles. The van der Waals surface area contributed by atoms with Crippen molar-refractivity contribution in [1.29, 1.82) is 0 Å². The van der Waals surface area contributed by atoms with Crippen molar-refractivity contribution in [3.8, 4) is 0 Å². The van der Waals surface area contributed by atoms with Crippen LogP contribution in [0.5, 0.6) is 0 Å². The molecular formula is C26H26OSi2. The van der Waals surface area contributed by atoms with E-state index in [1.165, 1.54) is 58.6 Å². The van der Waals surface area contributed by atoms with Gasteiger partial charge in [0.25, 0.3) is 0 Å². The van der Waals surface area contributed by atoms with Crippen LogP contribution < -0.4 is 10.4 Å². The Morgan fingerprint density at radius 2 is 0.897 bits per heavy atom. The highest BCUT2D eigenvalue weighted by Gasteiger charge is 2.54.